The fraction of sp³-hybridized carbons (Fsp3) is 0.214. The second-order valence-electron chi connectivity index (χ2n) is 4.25. The zero-order chi connectivity index (χ0) is 13.2. The van der Waals surface area contributed by atoms with Crippen molar-refractivity contribution in [1.82, 2.24) is 9.55 Å². The largest absolute Gasteiger partial charge is 0.399 e. The Balaban J connectivity index is 2.06. The Morgan fingerprint density at radius 1 is 1.42 bits per heavy atom. The van der Waals surface area contributed by atoms with Gasteiger partial charge in [-0.1, -0.05) is 6.92 Å². The van der Waals surface area contributed by atoms with E-state index in [1.807, 2.05) is 29.4 Å². The molecule has 0 unspecified atom stereocenters. The summed E-state index contributed by atoms with van der Waals surface area (Å²) in [6, 6.07) is 6.27. The van der Waals surface area contributed by atoms with E-state index >= 15 is 0 Å². The van der Waals surface area contributed by atoms with Gasteiger partial charge in [0.05, 0.1) is 12.1 Å². The molecule has 2 aromatic heterocycles. The zero-order valence-corrected chi connectivity index (χ0v) is 12.3. The van der Waals surface area contributed by atoms with Crippen LogP contribution in [0.4, 0.5) is 5.69 Å². The molecule has 1 aromatic carbocycles. The molecule has 0 amide bonds. The fourth-order valence-corrected chi connectivity index (χ4v) is 3.64. The van der Waals surface area contributed by atoms with Crippen LogP contribution in [-0.4, -0.2) is 15.3 Å². The van der Waals surface area contributed by atoms with Crippen LogP contribution in [0.5, 0.6) is 0 Å². The predicted molar refractivity (Wildman–Crippen MR) is 84.0 cm³/mol. The van der Waals surface area contributed by atoms with Gasteiger partial charge in [-0.05, 0) is 24.0 Å². The highest BCUT2D eigenvalue weighted by molar-refractivity contribution is 7.99. The highest BCUT2D eigenvalue weighted by Crippen LogP contribution is 2.31. The Bertz CT molecular complexity index is 686. The van der Waals surface area contributed by atoms with Crippen LogP contribution < -0.4 is 5.73 Å². The maximum atomic E-state index is 6.02. The fourth-order valence-electron chi connectivity index (χ4n) is 2.17. The molecule has 3 rings (SSSR count). The van der Waals surface area contributed by atoms with Crippen molar-refractivity contribution < 1.29 is 0 Å². The molecule has 0 aliphatic rings. The van der Waals surface area contributed by atoms with Gasteiger partial charge in [0.15, 0.2) is 0 Å². The van der Waals surface area contributed by atoms with Gasteiger partial charge in [-0.15, -0.1) is 23.1 Å². The number of rotatable bonds is 4. The highest BCUT2D eigenvalue weighted by atomic mass is 32.2. The first-order chi connectivity index (χ1) is 9.28. The molecule has 98 valence electrons. The molecule has 2 N–H and O–H groups in total. The number of fused-ring (bicyclic) bond motifs is 1. The van der Waals surface area contributed by atoms with Crippen molar-refractivity contribution in [3.8, 4) is 0 Å². The maximum Gasteiger partial charge on any atom is 0.112 e. The number of nitrogen functional groups attached to an aromatic ring is 1. The normalized spacial score (nSPS) is 11.2. The van der Waals surface area contributed by atoms with Gasteiger partial charge in [0, 0.05) is 33.7 Å². The third-order valence-electron chi connectivity index (χ3n) is 2.96. The van der Waals surface area contributed by atoms with Crippen molar-refractivity contribution in [2.75, 3.05) is 11.5 Å². The minimum Gasteiger partial charge on any atom is -0.399 e. The molecule has 19 heavy (non-hydrogen) atoms. The molecular formula is C14H15N3S2. The van der Waals surface area contributed by atoms with Crippen LogP contribution in [0.15, 0.2) is 40.9 Å². The first-order valence-electron chi connectivity index (χ1n) is 6.17. The Morgan fingerprint density at radius 2 is 2.32 bits per heavy atom. The van der Waals surface area contributed by atoms with Gasteiger partial charge >= 0.3 is 0 Å². The monoisotopic (exact) mass is 289 g/mol. The Kier molecular flexibility index (Phi) is 3.48. The highest BCUT2D eigenvalue weighted by Gasteiger charge is 2.08. The number of thioether (sulfide) groups is 1. The van der Waals surface area contributed by atoms with Crippen molar-refractivity contribution in [3.05, 3.63) is 41.0 Å². The summed E-state index contributed by atoms with van der Waals surface area (Å²) < 4.78 is 2.21. The lowest BCUT2D eigenvalue weighted by Gasteiger charge is -2.07. The van der Waals surface area contributed by atoms with E-state index in [-0.39, 0.29) is 0 Å². The van der Waals surface area contributed by atoms with Crippen molar-refractivity contribution in [1.29, 1.82) is 0 Å². The number of aromatic nitrogens is 2. The van der Waals surface area contributed by atoms with E-state index < -0.39 is 0 Å². The van der Waals surface area contributed by atoms with Crippen LogP contribution in [0.1, 0.15) is 11.9 Å². The summed E-state index contributed by atoms with van der Waals surface area (Å²) in [7, 11) is 0. The summed E-state index contributed by atoms with van der Waals surface area (Å²) in [5.74, 6) is 1.05. The zero-order valence-electron chi connectivity index (χ0n) is 10.7. The topological polar surface area (TPSA) is 43.8 Å². The number of benzene rings is 1. The Labute approximate surface area is 120 Å². The maximum absolute atomic E-state index is 6.02. The molecule has 0 aliphatic heterocycles. The number of hydrogen-bond acceptors (Lipinski definition) is 4. The van der Waals surface area contributed by atoms with Crippen LogP contribution >= 0.6 is 23.1 Å². The quantitative estimate of drug-likeness (QED) is 0.586. The average molecular weight is 289 g/mol. The van der Waals surface area contributed by atoms with Gasteiger partial charge in [0.25, 0.3) is 0 Å². The van der Waals surface area contributed by atoms with E-state index in [1.165, 1.54) is 15.8 Å². The smallest absolute Gasteiger partial charge is 0.112 e. The van der Waals surface area contributed by atoms with Crippen molar-refractivity contribution in [3.63, 3.8) is 0 Å². The summed E-state index contributed by atoms with van der Waals surface area (Å²) in [5.41, 5.74) is 8.02. The molecule has 0 spiro atoms. The SMILES string of the molecule is CCSc1cc(N)cc2c1ccn2Cc1nccs1. The number of hydrogen-bond donors (Lipinski definition) is 1. The average Bonchev–Trinajstić information content (AvgIpc) is 3.01. The predicted octanol–water partition coefficient (Wildman–Crippen LogP) is 3.84. The van der Waals surface area contributed by atoms with Crippen LogP contribution in [0.25, 0.3) is 10.9 Å². The summed E-state index contributed by atoms with van der Waals surface area (Å²) in [5, 5.41) is 4.40. The van der Waals surface area contributed by atoms with Crippen molar-refractivity contribution in [2.24, 2.45) is 0 Å². The molecule has 5 heteroatoms. The molecular weight excluding hydrogens is 274 g/mol. The molecule has 0 saturated heterocycles. The van der Waals surface area contributed by atoms with Gasteiger partial charge in [0.2, 0.25) is 0 Å². The third kappa shape index (κ3) is 2.48. The van der Waals surface area contributed by atoms with E-state index in [4.69, 9.17) is 5.73 Å². The summed E-state index contributed by atoms with van der Waals surface area (Å²) in [4.78, 5) is 5.60. The van der Waals surface area contributed by atoms with Crippen LogP contribution in [-0.2, 0) is 6.54 Å². The van der Waals surface area contributed by atoms with Gasteiger partial charge in [0.1, 0.15) is 5.01 Å². The molecule has 2 heterocycles. The molecule has 0 radical (unpaired) electrons. The lowest BCUT2D eigenvalue weighted by molar-refractivity contribution is 0.828. The first kappa shape index (κ1) is 12.6. The number of nitrogens with two attached hydrogens (primary N) is 1. The van der Waals surface area contributed by atoms with E-state index in [9.17, 15) is 0 Å². The standard InChI is InChI=1S/C14H15N3S2/c1-2-18-13-8-10(15)7-12-11(13)3-5-17(12)9-14-16-4-6-19-14/h3-8H,2,9,15H2,1H3. The van der Waals surface area contributed by atoms with Crippen LogP contribution in [0.2, 0.25) is 0 Å². The lowest BCUT2D eigenvalue weighted by atomic mass is 10.2. The molecule has 0 atom stereocenters. The van der Waals surface area contributed by atoms with Crippen LogP contribution in [0, 0.1) is 0 Å². The van der Waals surface area contributed by atoms with Crippen molar-refractivity contribution >= 4 is 39.7 Å². The van der Waals surface area contributed by atoms with E-state index in [2.05, 4.69) is 34.8 Å². The van der Waals surface area contributed by atoms with Gasteiger partial charge in [-0.2, -0.15) is 0 Å². The van der Waals surface area contributed by atoms with Crippen molar-refractivity contribution in [2.45, 2.75) is 18.4 Å². The minimum atomic E-state index is 0.806. The molecule has 0 fully saturated rings. The summed E-state index contributed by atoms with van der Waals surface area (Å²) in [6.07, 6.45) is 3.96. The lowest BCUT2D eigenvalue weighted by Crippen LogP contribution is -1.98. The van der Waals surface area contributed by atoms with E-state index in [0.717, 1.165) is 23.0 Å². The molecule has 0 saturated carbocycles. The Hall–Kier alpha value is -1.46. The van der Waals surface area contributed by atoms with Gasteiger partial charge in [-0.25, -0.2) is 4.98 Å². The number of thiazole rings is 1. The third-order valence-corrected chi connectivity index (χ3v) is 4.66. The van der Waals surface area contributed by atoms with Crippen LogP contribution in [0.3, 0.4) is 0 Å². The number of nitrogens with zero attached hydrogens (tertiary/aromatic N) is 2. The molecule has 0 bridgehead atoms. The van der Waals surface area contributed by atoms with Gasteiger partial charge < -0.3 is 10.3 Å². The molecule has 3 aromatic rings. The van der Waals surface area contributed by atoms with E-state index in [1.54, 1.807) is 11.3 Å². The molecule has 0 aliphatic carbocycles. The van der Waals surface area contributed by atoms with Gasteiger partial charge in [-0.3, -0.25) is 0 Å². The minimum absolute atomic E-state index is 0.806. The second kappa shape index (κ2) is 5.27. The number of anilines is 1. The second-order valence-corrected chi connectivity index (χ2v) is 6.54. The molecule has 3 nitrogen and oxygen atoms in total. The Morgan fingerprint density at radius 3 is 3.05 bits per heavy atom. The summed E-state index contributed by atoms with van der Waals surface area (Å²) >= 11 is 3.51. The first-order valence-corrected chi connectivity index (χ1v) is 8.04. The summed E-state index contributed by atoms with van der Waals surface area (Å²) in [6.45, 7) is 2.97. The van der Waals surface area contributed by atoms with E-state index in [0.29, 0.717) is 0 Å².